The van der Waals surface area contributed by atoms with Crippen LogP contribution in [0.2, 0.25) is 0 Å². The van der Waals surface area contributed by atoms with Crippen LogP contribution in [0.1, 0.15) is 75.6 Å². The Morgan fingerprint density at radius 3 is 2.26 bits per heavy atom. The molecule has 3 heterocycles. The van der Waals surface area contributed by atoms with Crippen LogP contribution < -0.4 is 4.90 Å². The zero-order valence-electron chi connectivity index (χ0n) is 20.0. The van der Waals surface area contributed by atoms with E-state index in [1.54, 1.807) is 0 Å². The SMILES string of the molecule is Cc1cc(C)nc(N2CCCC3(CCC(=O)N3CC3CCCCC3)CC2)n1.O=C(O)C(F)(F)F. The maximum absolute atomic E-state index is 12.8. The smallest absolute Gasteiger partial charge is 0.475 e. The maximum Gasteiger partial charge on any atom is 0.490 e. The largest absolute Gasteiger partial charge is 0.490 e. The quantitative estimate of drug-likeness (QED) is 0.672. The van der Waals surface area contributed by atoms with Crippen molar-refractivity contribution in [1.29, 1.82) is 0 Å². The predicted molar refractivity (Wildman–Crippen MR) is 122 cm³/mol. The van der Waals surface area contributed by atoms with Gasteiger partial charge in [0, 0.05) is 43.0 Å². The number of amides is 1. The van der Waals surface area contributed by atoms with Gasteiger partial charge >= 0.3 is 12.1 Å². The van der Waals surface area contributed by atoms with E-state index in [2.05, 4.69) is 19.8 Å². The minimum absolute atomic E-state index is 0.0855. The van der Waals surface area contributed by atoms with E-state index >= 15 is 0 Å². The molecule has 34 heavy (non-hydrogen) atoms. The Morgan fingerprint density at radius 1 is 1.06 bits per heavy atom. The summed E-state index contributed by atoms with van der Waals surface area (Å²) in [6.07, 6.45) is 6.69. The summed E-state index contributed by atoms with van der Waals surface area (Å²) in [5, 5.41) is 7.12. The molecule has 1 atom stereocenters. The van der Waals surface area contributed by atoms with E-state index in [-0.39, 0.29) is 5.54 Å². The summed E-state index contributed by atoms with van der Waals surface area (Å²) in [6.45, 7) is 7.03. The van der Waals surface area contributed by atoms with Crippen LogP contribution in [0.25, 0.3) is 0 Å². The molecule has 10 heteroatoms. The zero-order chi connectivity index (χ0) is 24.9. The number of aryl methyl sites for hydroxylation is 2. The normalized spacial score (nSPS) is 24.1. The number of carbonyl (C=O) groups is 2. The minimum Gasteiger partial charge on any atom is -0.475 e. The summed E-state index contributed by atoms with van der Waals surface area (Å²) in [6, 6.07) is 2.03. The molecule has 1 spiro atoms. The van der Waals surface area contributed by atoms with Gasteiger partial charge in [0.25, 0.3) is 0 Å². The molecule has 4 rings (SSSR count). The summed E-state index contributed by atoms with van der Waals surface area (Å²) < 4.78 is 31.7. The fourth-order valence-electron chi connectivity index (χ4n) is 5.54. The number of nitrogens with zero attached hydrogens (tertiary/aromatic N) is 4. The standard InChI is InChI=1S/C22H34N4O.C2HF3O2/c1-17-15-18(2)24-21(23-17)25-13-6-10-22(12-14-25)11-9-20(27)26(22)16-19-7-4-3-5-8-19;3-2(4,5)1(6)7/h15,19H,3-14,16H2,1-2H3;(H,6,7). The topological polar surface area (TPSA) is 86.6 Å². The van der Waals surface area contributed by atoms with Gasteiger partial charge in [0.1, 0.15) is 0 Å². The minimum atomic E-state index is -5.08. The van der Waals surface area contributed by atoms with Crippen molar-refractivity contribution in [2.75, 3.05) is 24.5 Å². The molecule has 190 valence electrons. The molecule has 1 unspecified atom stereocenters. The van der Waals surface area contributed by atoms with Crippen molar-refractivity contribution in [3.05, 3.63) is 17.5 Å². The van der Waals surface area contributed by atoms with Gasteiger partial charge in [0.15, 0.2) is 0 Å². The molecule has 3 fully saturated rings. The summed E-state index contributed by atoms with van der Waals surface area (Å²) in [4.78, 5) is 35.7. The lowest BCUT2D eigenvalue weighted by Crippen LogP contribution is -2.48. The molecule has 1 aromatic heterocycles. The molecule has 1 N–H and O–H groups in total. The molecule has 7 nitrogen and oxygen atoms in total. The number of rotatable bonds is 3. The van der Waals surface area contributed by atoms with Gasteiger partial charge in [-0.25, -0.2) is 14.8 Å². The first-order valence-electron chi connectivity index (χ1n) is 12.2. The summed E-state index contributed by atoms with van der Waals surface area (Å²) in [5.41, 5.74) is 2.15. The second kappa shape index (κ2) is 10.9. The number of carbonyl (C=O) groups excluding carboxylic acids is 1. The van der Waals surface area contributed by atoms with Crippen molar-refractivity contribution in [2.24, 2.45) is 5.92 Å². The molecule has 1 saturated carbocycles. The molecule has 1 aliphatic carbocycles. The van der Waals surface area contributed by atoms with Crippen LogP contribution in [0.3, 0.4) is 0 Å². The summed E-state index contributed by atoms with van der Waals surface area (Å²) in [7, 11) is 0. The molecule has 0 bridgehead atoms. The molecule has 1 aromatic rings. The van der Waals surface area contributed by atoms with Crippen LogP contribution in [0.15, 0.2) is 6.07 Å². The number of aliphatic carboxylic acids is 1. The van der Waals surface area contributed by atoms with Crippen molar-refractivity contribution in [2.45, 2.75) is 89.8 Å². The van der Waals surface area contributed by atoms with E-state index in [1.165, 1.54) is 32.1 Å². The van der Waals surface area contributed by atoms with Crippen molar-refractivity contribution < 1.29 is 27.9 Å². The molecule has 1 amide bonds. The number of hydrogen-bond donors (Lipinski definition) is 1. The van der Waals surface area contributed by atoms with E-state index in [9.17, 15) is 18.0 Å². The van der Waals surface area contributed by atoms with Crippen LogP contribution in [0, 0.1) is 19.8 Å². The van der Waals surface area contributed by atoms with Crippen LogP contribution in [0.5, 0.6) is 0 Å². The molecule has 2 saturated heterocycles. The first-order chi connectivity index (χ1) is 16.0. The number of alkyl halides is 3. The fourth-order valence-corrected chi connectivity index (χ4v) is 5.54. The Bertz CT molecular complexity index is 853. The summed E-state index contributed by atoms with van der Waals surface area (Å²) in [5.74, 6) is -0.767. The number of anilines is 1. The monoisotopic (exact) mass is 484 g/mol. The lowest BCUT2D eigenvalue weighted by molar-refractivity contribution is -0.192. The second-order valence-electron chi connectivity index (χ2n) is 9.83. The van der Waals surface area contributed by atoms with Gasteiger partial charge in [0.2, 0.25) is 11.9 Å². The van der Waals surface area contributed by atoms with Crippen molar-refractivity contribution >= 4 is 17.8 Å². The highest BCUT2D eigenvalue weighted by molar-refractivity contribution is 5.79. The van der Waals surface area contributed by atoms with Gasteiger partial charge in [0.05, 0.1) is 0 Å². The highest BCUT2D eigenvalue weighted by Crippen LogP contribution is 2.41. The number of likely N-dealkylation sites (tertiary alicyclic amines) is 1. The van der Waals surface area contributed by atoms with Crippen molar-refractivity contribution in [1.82, 2.24) is 14.9 Å². The van der Waals surface area contributed by atoms with Gasteiger partial charge in [-0.3, -0.25) is 4.79 Å². The highest BCUT2D eigenvalue weighted by atomic mass is 19.4. The van der Waals surface area contributed by atoms with E-state index < -0.39 is 12.1 Å². The molecular formula is C24H35F3N4O3. The summed E-state index contributed by atoms with van der Waals surface area (Å²) >= 11 is 0. The van der Waals surface area contributed by atoms with Crippen LogP contribution in [0.4, 0.5) is 19.1 Å². The molecule has 3 aliphatic rings. The first-order valence-corrected chi connectivity index (χ1v) is 12.2. The van der Waals surface area contributed by atoms with Gasteiger partial charge in [-0.05, 0) is 64.4 Å². The van der Waals surface area contributed by atoms with Crippen molar-refractivity contribution in [3.63, 3.8) is 0 Å². The van der Waals surface area contributed by atoms with E-state index in [0.29, 0.717) is 5.91 Å². The number of aromatic nitrogens is 2. The number of carboxylic acid groups (broad SMARTS) is 1. The van der Waals surface area contributed by atoms with Crippen molar-refractivity contribution in [3.8, 4) is 0 Å². The lowest BCUT2D eigenvalue weighted by atomic mass is 9.84. The second-order valence-corrected chi connectivity index (χ2v) is 9.83. The third kappa shape index (κ3) is 6.60. The Balaban J connectivity index is 0.000000406. The highest BCUT2D eigenvalue weighted by Gasteiger charge is 2.46. The molecule has 0 aromatic carbocycles. The lowest BCUT2D eigenvalue weighted by Gasteiger charge is -2.40. The number of halogens is 3. The Hall–Kier alpha value is -2.39. The van der Waals surface area contributed by atoms with Gasteiger partial charge in [-0.1, -0.05) is 19.3 Å². The third-order valence-corrected chi connectivity index (χ3v) is 7.26. The Labute approximate surface area is 198 Å². The number of carboxylic acids is 1. The fraction of sp³-hybridized carbons (Fsp3) is 0.750. The number of hydrogen-bond acceptors (Lipinski definition) is 5. The third-order valence-electron chi connectivity index (χ3n) is 7.26. The van der Waals surface area contributed by atoms with Crippen LogP contribution in [-0.4, -0.2) is 63.2 Å². The Kier molecular flexibility index (Phi) is 8.41. The zero-order valence-corrected chi connectivity index (χ0v) is 20.0. The van der Waals surface area contributed by atoms with Crippen LogP contribution >= 0.6 is 0 Å². The average molecular weight is 485 g/mol. The molecule has 2 aliphatic heterocycles. The first kappa shape index (κ1) is 26.2. The van der Waals surface area contributed by atoms with E-state index in [1.807, 2.05) is 19.9 Å². The maximum atomic E-state index is 12.8. The van der Waals surface area contributed by atoms with E-state index in [0.717, 1.165) is 75.0 Å². The van der Waals surface area contributed by atoms with Gasteiger partial charge in [-0.15, -0.1) is 0 Å². The van der Waals surface area contributed by atoms with Crippen LogP contribution in [-0.2, 0) is 9.59 Å². The van der Waals surface area contributed by atoms with E-state index in [4.69, 9.17) is 9.90 Å². The molecule has 0 radical (unpaired) electrons. The van der Waals surface area contributed by atoms with Gasteiger partial charge in [-0.2, -0.15) is 13.2 Å². The molecular weight excluding hydrogens is 449 g/mol. The van der Waals surface area contributed by atoms with Gasteiger partial charge < -0.3 is 14.9 Å². The predicted octanol–water partition coefficient (Wildman–Crippen LogP) is 4.66. The average Bonchev–Trinajstić information content (AvgIpc) is 2.93. The Morgan fingerprint density at radius 2 is 1.68 bits per heavy atom.